The number of carboxylic acids is 1. The average Bonchev–Trinajstić information content (AvgIpc) is 2.34. The second-order valence-corrected chi connectivity index (χ2v) is 6.38. The van der Waals surface area contributed by atoms with Gasteiger partial charge in [-0.3, -0.25) is 4.79 Å². The summed E-state index contributed by atoms with van der Waals surface area (Å²) in [4.78, 5) is 23.1. The van der Waals surface area contributed by atoms with E-state index in [-0.39, 0.29) is 0 Å². The molecule has 0 aliphatic carbocycles. The van der Waals surface area contributed by atoms with Crippen LogP contribution >= 0.6 is 12.6 Å². The van der Waals surface area contributed by atoms with Gasteiger partial charge in [-0.05, 0) is 25.8 Å². The SMILES string of the molecule is CC(C)(S)[C@H](NC(=O)[C@@H](N)Cc1ccccc1)C(=O)O. The molecule has 0 aromatic heterocycles. The Kier molecular flexibility index (Phi) is 5.59. The van der Waals surface area contributed by atoms with E-state index in [1.54, 1.807) is 13.8 Å². The molecule has 0 spiro atoms. The molecule has 0 bridgehead atoms. The second kappa shape index (κ2) is 6.76. The molecule has 1 aromatic carbocycles. The minimum Gasteiger partial charge on any atom is -0.480 e. The van der Waals surface area contributed by atoms with Crippen molar-refractivity contribution in [1.82, 2.24) is 5.32 Å². The normalized spacial score (nSPS) is 14.4. The van der Waals surface area contributed by atoms with Crippen LogP contribution in [-0.4, -0.2) is 33.8 Å². The van der Waals surface area contributed by atoms with E-state index in [2.05, 4.69) is 17.9 Å². The Morgan fingerprint density at radius 3 is 2.35 bits per heavy atom. The maximum Gasteiger partial charge on any atom is 0.327 e. The number of carbonyl (C=O) groups excluding carboxylic acids is 1. The maximum absolute atomic E-state index is 12.0. The van der Waals surface area contributed by atoms with Gasteiger partial charge in [0, 0.05) is 4.75 Å². The van der Waals surface area contributed by atoms with Crippen LogP contribution in [0.2, 0.25) is 0 Å². The van der Waals surface area contributed by atoms with Crippen LogP contribution in [0.5, 0.6) is 0 Å². The van der Waals surface area contributed by atoms with Crippen molar-refractivity contribution in [2.24, 2.45) is 5.73 Å². The topological polar surface area (TPSA) is 92.4 Å². The van der Waals surface area contributed by atoms with Crippen molar-refractivity contribution in [2.75, 3.05) is 0 Å². The van der Waals surface area contributed by atoms with Crippen molar-refractivity contribution in [1.29, 1.82) is 0 Å². The third-order valence-electron chi connectivity index (χ3n) is 2.88. The second-order valence-electron chi connectivity index (χ2n) is 5.23. The van der Waals surface area contributed by atoms with Gasteiger partial charge < -0.3 is 16.2 Å². The molecule has 0 aliphatic heterocycles. The van der Waals surface area contributed by atoms with E-state index in [0.29, 0.717) is 6.42 Å². The third-order valence-corrected chi connectivity index (χ3v) is 3.13. The Morgan fingerprint density at radius 1 is 1.35 bits per heavy atom. The Balaban J connectivity index is 2.67. The monoisotopic (exact) mass is 296 g/mol. The number of carbonyl (C=O) groups is 2. The fourth-order valence-corrected chi connectivity index (χ4v) is 1.93. The zero-order valence-corrected chi connectivity index (χ0v) is 12.4. The number of nitrogens with two attached hydrogens (primary N) is 1. The molecule has 0 radical (unpaired) electrons. The molecular weight excluding hydrogens is 276 g/mol. The lowest BCUT2D eigenvalue weighted by atomic mass is 10.0. The summed E-state index contributed by atoms with van der Waals surface area (Å²) in [5.74, 6) is -1.63. The smallest absolute Gasteiger partial charge is 0.327 e. The molecule has 0 heterocycles. The number of hydrogen-bond acceptors (Lipinski definition) is 4. The van der Waals surface area contributed by atoms with Crippen LogP contribution in [0.15, 0.2) is 30.3 Å². The van der Waals surface area contributed by atoms with Crippen LogP contribution in [-0.2, 0) is 16.0 Å². The van der Waals surface area contributed by atoms with Gasteiger partial charge in [-0.25, -0.2) is 4.79 Å². The van der Waals surface area contributed by atoms with E-state index < -0.39 is 28.7 Å². The van der Waals surface area contributed by atoms with Crippen molar-refractivity contribution in [3.63, 3.8) is 0 Å². The summed E-state index contributed by atoms with van der Waals surface area (Å²) >= 11 is 4.19. The van der Waals surface area contributed by atoms with Crippen molar-refractivity contribution in [3.05, 3.63) is 35.9 Å². The van der Waals surface area contributed by atoms with Gasteiger partial charge in [0.05, 0.1) is 6.04 Å². The first kappa shape index (κ1) is 16.5. The Morgan fingerprint density at radius 2 is 1.90 bits per heavy atom. The lowest BCUT2D eigenvalue weighted by molar-refractivity contribution is -0.142. The number of aliphatic carboxylic acids is 1. The van der Waals surface area contributed by atoms with E-state index in [4.69, 9.17) is 10.8 Å². The molecule has 2 atom stereocenters. The van der Waals surface area contributed by atoms with E-state index in [1.807, 2.05) is 30.3 Å². The Bertz CT molecular complexity index is 471. The van der Waals surface area contributed by atoms with Crippen LogP contribution in [0.4, 0.5) is 0 Å². The molecule has 1 amide bonds. The Labute approximate surface area is 124 Å². The standard InChI is InChI=1S/C14H20N2O3S/c1-14(2,20)11(13(18)19)16-12(17)10(15)8-9-6-4-3-5-7-9/h3-7,10-11,20H,8,15H2,1-2H3,(H,16,17)(H,18,19)/t10-,11+/m0/s1. The molecule has 20 heavy (non-hydrogen) atoms. The number of carboxylic acid groups (broad SMARTS) is 1. The largest absolute Gasteiger partial charge is 0.480 e. The van der Waals surface area contributed by atoms with Gasteiger partial charge in [0.1, 0.15) is 6.04 Å². The first-order valence-corrected chi connectivity index (χ1v) is 6.71. The number of hydrogen-bond donors (Lipinski definition) is 4. The fraction of sp³-hybridized carbons (Fsp3) is 0.429. The van der Waals surface area contributed by atoms with Crippen molar-refractivity contribution >= 4 is 24.5 Å². The summed E-state index contributed by atoms with van der Waals surface area (Å²) in [6.45, 7) is 3.25. The van der Waals surface area contributed by atoms with Crippen LogP contribution < -0.4 is 11.1 Å². The van der Waals surface area contributed by atoms with Crippen LogP contribution in [0.3, 0.4) is 0 Å². The third kappa shape index (κ3) is 4.86. The zero-order valence-electron chi connectivity index (χ0n) is 11.5. The highest BCUT2D eigenvalue weighted by atomic mass is 32.1. The number of amides is 1. The highest BCUT2D eigenvalue weighted by Crippen LogP contribution is 2.18. The molecule has 0 saturated heterocycles. The molecule has 0 aliphatic rings. The van der Waals surface area contributed by atoms with Crippen molar-refractivity contribution in [3.8, 4) is 0 Å². The first-order valence-electron chi connectivity index (χ1n) is 6.27. The average molecular weight is 296 g/mol. The van der Waals surface area contributed by atoms with Gasteiger partial charge in [-0.2, -0.15) is 12.6 Å². The van der Waals surface area contributed by atoms with Gasteiger partial charge in [0.25, 0.3) is 0 Å². The number of nitrogens with one attached hydrogen (secondary N) is 1. The number of rotatable bonds is 6. The van der Waals surface area contributed by atoms with Gasteiger partial charge in [0.15, 0.2) is 0 Å². The minimum absolute atomic E-state index is 0.353. The zero-order chi connectivity index (χ0) is 15.3. The summed E-state index contributed by atoms with van der Waals surface area (Å²) in [6.07, 6.45) is 0.353. The highest BCUT2D eigenvalue weighted by Gasteiger charge is 2.34. The molecule has 4 N–H and O–H groups in total. The van der Waals surface area contributed by atoms with Gasteiger partial charge in [-0.1, -0.05) is 30.3 Å². The predicted octanol–water partition coefficient (Wildman–Crippen LogP) is 0.834. The van der Waals surface area contributed by atoms with E-state index >= 15 is 0 Å². The predicted molar refractivity (Wildman–Crippen MR) is 80.8 cm³/mol. The summed E-state index contributed by atoms with van der Waals surface area (Å²) in [7, 11) is 0. The summed E-state index contributed by atoms with van der Waals surface area (Å²) < 4.78 is -0.881. The molecule has 0 saturated carbocycles. The molecule has 0 fully saturated rings. The maximum atomic E-state index is 12.0. The molecule has 6 heteroatoms. The van der Waals surface area contributed by atoms with E-state index in [9.17, 15) is 9.59 Å². The summed E-state index contributed by atoms with van der Waals surface area (Å²) in [5.41, 5.74) is 6.73. The molecule has 5 nitrogen and oxygen atoms in total. The van der Waals surface area contributed by atoms with E-state index in [1.165, 1.54) is 0 Å². The van der Waals surface area contributed by atoms with Crippen LogP contribution in [0.1, 0.15) is 19.4 Å². The fourth-order valence-electron chi connectivity index (χ4n) is 1.75. The molecule has 110 valence electrons. The Hall–Kier alpha value is -1.53. The summed E-state index contributed by atoms with van der Waals surface area (Å²) in [5, 5.41) is 11.6. The first-order chi connectivity index (χ1) is 9.21. The highest BCUT2D eigenvalue weighted by molar-refractivity contribution is 7.81. The van der Waals surface area contributed by atoms with Gasteiger partial charge >= 0.3 is 5.97 Å². The molecule has 1 rings (SSSR count). The summed E-state index contributed by atoms with van der Waals surface area (Å²) in [6, 6.07) is 7.43. The number of thiol groups is 1. The van der Waals surface area contributed by atoms with Crippen LogP contribution in [0, 0.1) is 0 Å². The molecule has 1 aromatic rings. The van der Waals surface area contributed by atoms with Gasteiger partial charge in [0.2, 0.25) is 5.91 Å². The lowest BCUT2D eigenvalue weighted by Crippen LogP contribution is -2.55. The number of benzene rings is 1. The quantitative estimate of drug-likeness (QED) is 0.585. The van der Waals surface area contributed by atoms with Gasteiger partial charge in [-0.15, -0.1) is 0 Å². The molecular formula is C14H20N2O3S. The lowest BCUT2D eigenvalue weighted by Gasteiger charge is -2.28. The molecule has 0 unspecified atom stereocenters. The van der Waals surface area contributed by atoms with E-state index in [0.717, 1.165) is 5.56 Å². The van der Waals surface area contributed by atoms with Crippen LogP contribution in [0.25, 0.3) is 0 Å². The minimum atomic E-state index is -1.13. The van der Waals surface area contributed by atoms with Crippen molar-refractivity contribution in [2.45, 2.75) is 37.1 Å². The van der Waals surface area contributed by atoms with Crippen molar-refractivity contribution < 1.29 is 14.7 Å².